The van der Waals surface area contributed by atoms with Gasteiger partial charge in [-0.2, -0.15) is 0 Å². The topological polar surface area (TPSA) is 46.6 Å². The summed E-state index contributed by atoms with van der Waals surface area (Å²) in [4.78, 5) is 25.7. The first-order valence-electron chi connectivity index (χ1n) is 6.77. The van der Waals surface area contributed by atoms with Gasteiger partial charge >= 0.3 is 5.97 Å². The second-order valence-corrected chi connectivity index (χ2v) is 5.25. The van der Waals surface area contributed by atoms with Crippen LogP contribution in [0.2, 0.25) is 5.02 Å². The number of esters is 1. The monoisotopic (exact) mass is 295 g/mol. The maximum absolute atomic E-state index is 11.8. The molecular weight excluding hydrogens is 278 g/mol. The second-order valence-electron chi connectivity index (χ2n) is 4.85. The lowest BCUT2D eigenvalue weighted by atomic mass is 9.96. The number of likely N-dealkylation sites (tertiary alicyclic amines) is 1. The minimum absolute atomic E-state index is 0.0288. The fourth-order valence-corrected chi connectivity index (χ4v) is 2.55. The van der Waals surface area contributed by atoms with Crippen LogP contribution in [0, 0.1) is 5.92 Å². The summed E-state index contributed by atoms with van der Waals surface area (Å²) in [5, 5.41) is 0.706. The lowest BCUT2D eigenvalue weighted by Crippen LogP contribution is -2.44. The Morgan fingerprint density at radius 3 is 2.90 bits per heavy atom. The van der Waals surface area contributed by atoms with E-state index in [0.717, 1.165) is 5.56 Å². The summed E-state index contributed by atoms with van der Waals surface area (Å²) in [5.41, 5.74) is 1.01. The van der Waals surface area contributed by atoms with Gasteiger partial charge in [-0.05, 0) is 18.6 Å². The molecule has 1 fully saturated rings. The summed E-state index contributed by atoms with van der Waals surface area (Å²) in [6.07, 6.45) is 0.383. The predicted octanol–water partition coefficient (Wildman–Crippen LogP) is 2.29. The van der Waals surface area contributed by atoms with Crippen molar-refractivity contribution >= 4 is 23.4 Å². The highest BCUT2D eigenvalue weighted by atomic mass is 35.5. The van der Waals surface area contributed by atoms with Crippen LogP contribution in [-0.2, 0) is 20.9 Å². The van der Waals surface area contributed by atoms with Gasteiger partial charge in [0.25, 0.3) is 0 Å². The fraction of sp³-hybridized carbons (Fsp3) is 0.467. The van der Waals surface area contributed by atoms with Crippen molar-refractivity contribution < 1.29 is 14.3 Å². The van der Waals surface area contributed by atoms with Gasteiger partial charge in [0.2, 0.25) is 0 Å². The van der Waals surface area contributed by atoms with Gasteiger partial charge in [0, 0.05) is 31.1 Å². The average Bonchev–Trinajstić information content (AvgIpc) is 2.43. The number of ketones is 1. The molecule has 0 radical (unpaired) electrons. The molecule has 1 aromatic rings. The summed E-state index contributed by atoms with van der Waals surface area (Å²) in [5.74, 6) is -1.11. The van der Waals surface area contributed by atoms with Crippen molar-refractivity contribution in [2.45, 2.75) is 19.9 Å². The molecule has 1 heterocycles. The molecule has 0 saturated carbocycles. The number of ether oxygens (including phenoxy) is 1. The number of hydrogen-bond donors (Lipinski definition) is 0. The first-order chi connectivity index (χ1) is 9.61. The molecule has 0 spiro atoms. The van der Waals surface area contributed by atoms with Crippen molar-refractivity contribution in [1.82, 2.24) is 4.90 Å². The van der Waals surface area contributed by atoms with Crippen molar-refractivity contribution in [2.24, 2.45) is 5.92 Å². The third kappa shape index (κ3) is 3.58. The van der Waals surface area contributed by atoms with Crippen LogP contribution in [0.25, 0.3) is 0 Å². The molecule has 0 bridgehead atoms. The second kappa shape index (κ2) is 6.86. The van der Waals surface area contributed by atoms with Crippen LogP contribution in [0.1, 0.15) is 18.9 Å². The Kier molecular flexibility index (Phi) is 5.15. The molecule has 0 aliphatic carbocycles. The Labute approximate surface area is 123 Å². The Bertz CT molecular complexity index is 504. The Morgan fingerprint density at radius 1 is 1.45 bits per heavy atom. The maximum atomic E-state index is 11.8. The van der Waals surface area contributed by atoms with E-state index in [-0.39, 0.29) is 5.78 Å². The van der Waals surface area contributed by atoms with E-state index in [4.69, 9.17) is 16.3 Å². The van der Waals surface area contributed by atoms with Crippen LogP contribution in [0.5, 0.6) is 0 Å². The van der Waals surface area contributed by atoms with Crippen LogP contribution in [0.4, 0.5) is 0 Å². The molecule has 1 aliphatic rings. The average molecular weight is 296 g/mol. The Hall–Kier alpha value is -1.39. The summed E-state index contributed by atoms with van der Waals surface area (Å²) in [6, 6.07) is 7.61. The number of carbonyl (C=O) groups is 2. The van der Waals surface area contributed by atoms with Crippen LogP contribution >= 0.6 is 11.6 Å². The van der Waals surface area contributed by atoms with Crippen molar-refractivity contribution in [3.63, 3.8) is 0 Å². The molecule has 1 saturated heterocycles. The van der Waals surface area contributed by atoms with Gasteiger partial charge in [-0.15, -0.1) is 0 Å². The number of Topliss-reactive ketones (excluding diaryl/α,β-unsaturated/α-hetero) is 1. The normalized spacial score (nSPS) is 19.9. The minimum Gasteiger partial charge on any atom is -0.465 e. The van der Waals surface area contributed by atoms with Gasteiger partial charge < -0.3 is 4.74 Å². The van der Waals surface area contributed by atoms with Gasteiger partial charge in [0.05, 0.1) is 6.61 Å². The molecule has 2 rings (SSSR count). The van der Waals surface area contributed by atoms with Gasteiger partial charge in [-0.1, -0.05) is 29.8 Å². The molecule has 4 nitrogen and oxygen atoms in total. The van der Waals surface area contributed by atoms with Crippen LogP contribution < -0.4 is 0 Å². The van der Waals surface area contributed by atoms with Crippen molar-refractivity contribution in [1.29, 1.82) is 0 Å². The number of rotatable bonds is 4. The largest absolute Gasteiger partial charge is 0.465 e. The summed E-state index contributed by atoms with van der Waals surface area (Å²) >= 11 is 6.14. The summed E-state index contributed by atoms with van der Waals surface area (Å²) < 4.78 is 4.96. The van der Waals surface area contributed by atoms with Crippen LogP contribution in [0.3, 0.4) is 0 Å². The van der Waals surface area contributed by atoms with Crippen molar-refractivity contribution in [3.05, 3.63) is 34.9 Å². The molecule has 0 N–H and O–H groups in total. The molecular formula is C15H18ClNO3. The smallest absolute Gasteiger partial charge is 0.317 e. The number of piperidine rings is 1. The van der Waals surface area contributed by atoms with E-state index in [1.807, 2.05) is 24.3 Å². The highest BCUT2D eigenvalue weighted by Crippen LogP contribution is 2.21. The maximum Gasteiger partial charge on any atom is 0.317 e. The molecule has 1 aromatic carbocycles. The van der Waals surface area contributed by atoms with Gasteiger partial charge in [-0.3, -0.25) is 14.5 Å². The number of halogens is 1. The van der Waals surface area contributed by atoms with E-state index in [2.05, 4.69) is 4.90 Å². The third-order valence-corrected chi connectivity index (χ3v) is 3.80. The van der Waals surface area contributed by atoms with E-state index >= 15 is 0 Å². The van der Waals surface area contributed by atoms with Gasteiger partial charge in [0.1, 0.15) is 11.7 Å². The van der Waals surface area contributed by atoms with Crippen LogP contribution in [0.15, 0.2) is 24.3 Å². The Balaban J connectivity index is 2.02. The van der Waals surface area contributed by atoms with Gasteiger partial charge in [0.15, 0.2) is 0 Å². The summed E-state index contributed by atoms with van der Waals surface area (Å²) in [6.45, 7) is 3.74. The summed E-state index contributed by atoms with van der Waals surface area (Å²) in [7, 11) is 0. The van der Waals surface area contributed by atoms with E-state index in [1.54, 1.807) is 6.92 Å². The van der Waals surface area contributed by atoms with Crippen LogP contribution in [-0.4, -0.2) is 36.3 Å². The number of nitrogens with zero attached hydrogens (tertiary/aromatic N) is 1. The predicted molar refractivity (Wildman–Crippen MR) is 76.5 cm³/mol. The lowest BCUT2D eigenvalue weighted by molar-refractivity contribution is -0.154. The van der Waals surface area contributed by atoms with E-state index in [0.29, 0.717) is 37.7 Å². The highest BCUT2D eigenvalue weighted by Gasteiger charge is 2.33. The Morgan fingerprint density at radius 2 is 2.20 bits per heavy atom. The SMILES string of the molecule is CCOC(=O)C1CN(Cc2ccccc2Cl)CCC1=O. The van der Waals surface area contributed by atoms with E-state index in [1.165, 1.54) is 0 Å². The number of hydrogen-bond acceptors (Lipinski definition) is 4. The minimum atomic E-state index is -0.661. The first kappa shape index (κ1) is 15.0. The number of benzene rings is 1. The highest BCUT2D eigenvalue weighted by molar-refractivity contribution is 6.31. The molecule has 5 heteroatoms. The molecule has 108 valence electrons. The molecule has 0 amide bonds. The zero-order valence-electron chi connectivity index (χ0n) is 11.5. The van der Waals surface area contributed by atoms with Crippen molar-refractivity contribution in [3.8, 4) is 0 Å². The standard InChI is InChI=1S/C15H18ClNO3/c1-2-20-15(19)12-10-17(8-7-14(12)18)9-11-5-3-4-6-13(11)16/h3-6,12H,2,7-10H2,1H3. The lowest BCUT2D eigenvalue weighted by Gasteiger charge is -2.30. The first-order valence-corrected chi connectivity index (χ1v) is 7.14. The molecule has 1 aliphatic heterocycles. The zero-order chi connectivity index (χ0) is 14.5. The van der Waals surface area contributed by atoms with E-state index in [9.17, 15) is 9.59 Å². The van der Waals surface area contributed by atoms with E-state index < -0.39 is 11.9 Å². The molecule has 20 heavy (non-hydrogen) atoms. The molecule has 0 aromatic heterocycles. The fourth-order valence-electron chi connectivity index (χ4n) is 2.35. The molecule has 1 unspecified atom stereocenters. The quantitative estimate of drug-likeness (QED) is 0.632. The van der Waals surface area contributed by atoms with Crippen molar-refractivity contribution in [2.75, 3.05) is 19.7 Å². The molecule has 1 atom stereocenters. The zero-order valence-corrected chi connectivity index (χ0v) is 12.2. The van der Waals surface area contributed by atoms with Gasteiger partial charge in [-0.25, -0.2) is 0 Å². The number of carbonyl (C=O) groups excluding carboxylic acids is 2. The third-order valence-electron chi connectivity index (χ3n) is 3.43.